The number of rotatable bonds is 5. The minimum Gasteiger partial charge on any atom is -0.440 e. The second-order valence-corrected chi connectivity index (χ2v) is 10.1. The molecule has 4 aromatic rings. The molecule has 4 heterocycles. The van der Waals surface area contributed by atoms with Gasteiger partial charge in [0.15, 0.2) is 5.43 Å². The lowest BCUT2D eigenvalue weighted by molar-refractivity contribution is 0.120. The monoisotopic (exact) mass is 542 g/mol. The zero-order valence-corrected chi connectivity index (χ0v) is 22.4. The maximum atomic E-state index is 14.4. The van der Waals surface area contributed by atoms with Crippen LogP contribution in [0.25, 0.3) is 22.2 Å². The minimum atomic E-state index is -1.16. The summed E-state index contributed by atoms with van der Waals surface area (Å²) < 4.78 is 31.2. The van der Waals surface area contributed by atoms with Crippen LogP contribution in [0.2, 0.25) is 0 Å². The number of oxime groups is 1. The molecule has 0 saturated carbocycles. The summed E-state index contributed by atoms with van der Waals surface area (Å²) in [5.41, 5.74) is 5.59. The van der Waals surface area contributed by atoms with Crippen molar-refractivity contribution in [2.75, 3.05) is 36.5 Å². The van der Waals surface area contributed by atoms with Crippen molar-refractivity contribution in [2.24, 2.45) is 5.16 Å². The van der Waals surface area contributed by atoms with Crippen LogP contribution in [-0.2, 0) is 9.49 Å². The molecule has 9 nitrogen and oxygen atoms in total. The first kappa shape index (κ1) is 26.0. The summed E-state index contributed by atoms with van der Waals surface area (Å²) in [4.78, 5) is 19.7. The highest BCUT2D eigenvalue weighted by Crippen LogP contribution is 2.34. The predicted octanol–water partition coefficient (Wildman–Crippen LogP) is 3.67. The molecule has 1 atom stereocenters. The molecule has 204 valence electrons. The lowest BCUT2D eigenvalue weighted by atomic mass is 9.75. The van der Waals surface area contributed by atoms with Crippen molar-refractivity contribution in [2.45, 2.75) is 26.8 Å². The second-order valence-electron chi connectivity index (χ2n) is 10.1. The summed E-state index contributed by atoms with van der Waals surface area (Å²) in [6, 6.07) is 11.7. The molecule has 1 saturated heterocycles. The van der Waals surface area contributed by atoms with E-state index in [4.69, 9.17) is 13.9 Å². The van der Waals surface area contributed by atoms with Crippen LogP contribution in [-0.4, -0.2) is 49.6 Å². The Morgan fingerprint density at radius 3 is 2.73 bits per heavy atom. The lowest BCUT2D eigenvalue weighted by Gasteiger charge is -2.29. The molecule has 2 aromatic heterocycles. The van der Waals surface area contributed by atoms with E-state index in [0.717, 1.165) is 11.1 Å². The van der Waals surface area contributed by atoms with Gasteiger partial charge in [-0.15, -0.1) is 5.16 Å². The Hall–Kier alpha value is -4.22. The highest BCUT2D eigenvalue weighted by atomic mass is 19.1. The molecule has 2 aliphatic heterocycles. The number of benzene rings is 2. The van der Waals surface area contributed by atoms with E-state index >= 15 is 0 Å². The Labute approximate surface area is 230 Å². The molecule has 0 radical (unpaired) electrons. The minimum absolute atomic E-state index is 0.0640. The van der Waals surface area contributed by atoms with Gasteiger partial charge in [0.2, 0.25) is 11.8 Å². The van der Waals surface area contributed by atoms with Crippen molar-refractivity contribution in [1.82, 2.24) is 4.98 Å². The number of ether oxygens (including phenoxy) is 1. The molecule has 0 bridgehead atoms. The first-order chi connectivity index (χ1) is 19.3. The number of nitrogens with one attached hydrogen (secondary N) is 1. The fraction of sp³-hybridized carbons (Fsp3) is 0.276. The number of anilines is 2. The Morgan fingerprint density at radius 1 is 1.12 bits per heavy atom. The van der Waals surface area contributed by atoms with E-state index in [9.17, 15) is 14.2 Å². The van der Waals surface area contributed by atoms with E-state index in [1.165, 1.54) is 12.3 Å². The van der Waals surface area contributed by atoms with Gasteiger partial charge in [0.25, 0.3) is 0 Å². The topological polar surface area (TPSA) is 109 Å². The second kappa shape index (κ2) is 10.4. The van der Waals surface area contributed by atoms with Crippen LogP contribution in [0.4, 0.5) is 16.0 Å². The average molecular weight is 542 g/mol. The highest BCUT2D eigenvalue weighted by molar-refractivity contribution is 6.62. The van der Waals surface area contributed by atoms with E-state index in [0.29, 0.717) is 76.7 Å². The lowest BCUT2D eigenvalue weighted by Crippen LogP contribution is -2.37. The molecule has 11 heteroatoms. The molecule has 1 fully saturated rings. The van der Waals surface area contributed by atoms with Gasteiger partial charge in [-0.2, -0.15) is 4.39 Å². The molecule has 2 N–H and O–H groups in total. The molecule has 0 amide bonds. The number of aryl methyl sites for hydroxylation is 1. The van der Waals surface area contributed by atoms with Gasteiger partial charge in [-0.25, -0.2) is 4.98 Å². The molecular weight excluding hydrogens is 514 g/mol. The molecule has 40 heavy (non-hydrogen) atoms. The highest BCUT2D eigenvalue weighted by Gasteiger charge is 2.26. The van der Waals surface area contributed by atoms with Crippen molar-refractivity contribution in [3.05, 3.63) is 80.9 Å². The summed E-state index contributed by atoms with van der Waals surface area (Å²) in [5, 5.41) is 17.8. The summed E-state index contributed by atoms with van der Waals surface area (Å²) in [7, 11) is -1.16. The zero-order valence-electron chi connectivity index (χ0n) is 22.4. The third kappa shape index (κ3) is 4.71. The van der Waals surface area contributed by atoms with Crippen molar-refractivity contribution in [1.29, 1.82) is 0 Å². The molecule has 0 spiro atoms. The first-order valence-corrected chi connectivity index (χ1v) is 13.2. The Balaban J connectivity index is 1.42. The van der Waals surface area contributed by atoms with Crippen LogP contribution in [0, 0.1) is 19.8 Å². The van der Waals surface area contributed by atoms with Crippen molar-refractivity contribution >= 4 is 41.3 Å². The third-order valence-electron chi connectivity index (χ3n) is 7.34. The Bertz CT molecular complexity index is 1700. The molecule has 2 aliphatic rings. The smallest absolute Gasteiger partial charge is 0.440 e. The summed E-state index contributed by atoms with van der Waals surface area (Å²) in [5.74, 6) is -0.0651. The SMILES string of the molecule is Cc1cc([C@@H](C)Nc2ccc(F)nc2-c2ccc3c(c2)C=NOB3O)c2oc(N3CCOCC3)c(C)c(=O)c2c1. The Kier molecular flexibility index (Phi) is 6.77. The number of aromatic nitrogens is 1. The first-order valence-electron chi connectivity index (χ1n) is 13.2. The van der Waals surface area contributed by atoms with Gasteiger partial charge in [0, 0.05) is 29.7 Å². The summed E-state index contributed by atoms with van der Waals surface area (Å²) >= 11 is 0. The fourth-order valence-electron chi connectivity index (χ4n) is 5.29. The van der Waals surface area contributed by atoms with E-state index < -0.39 is 13.1 Å². The van der Waals surface area contributed by atoms with Crippen LogP contribution in [0.15, 0.2) is 56.8 Å². The van der Waals surface area contributed by atoms with Gasteiger partial charge in [-0.3, -0.25) is 4.79 Å². The van der Waals surface area contributed by atoms with Gasteiger partial charge < -0.3 is 29.1 Å². The number of hydrogen-bond acceptors (Lipinski definition) is 9. The fourth-order valence-corrected chi connectivity index (χ4v) is 5.29. The number of fused-ring (bicyclic) bond motifs is 2. The van der Waals surface area contributed by atoms with Crippen LogP contribution in [0.3, 0.4) is 0 Å². The summed E-state index contributed by atoms with van der Waals surface area (Å²) in [6.07, 6.45) is 1.50. The number of pyridine rings is 1. The van der Waals surface area contributed by atoms with Crippen molar-refractivity contribution < 1.29 is 23.3 Å². The van der Waals surface area contributed by atoms with Gasteiger partial charge in [-0.05, 0) is 56.2 Å². The van der Waals surface area contributed by atoms with E-state index in [2.05, 4.69) is 15.5 Å². The third-order valence-corrected chi connectivity index (χ3v) is 7.34. The maximum Gasteiger partial charge on any atom is 0.583 e. The largest absolute Gasteiger partial charge is 0.583 e. The molecular formula is C29H28BFN4O5. The van der Waals surface area contributed by atoms with Gasteiger partial charge >= 0.3 is 7.12 Å². The summed E-state index contributed by atoms with van der Waals surface area (Å²) in [6.45, 7) is 8.13. The van der Waals surface area contributed by atoms with Crippen LogP contribution in [0.5, 0.6) is 0 Å². The maximum absolute atomic E-state index is 14.4. The number of halogens is 1. The number of hydrogen-bond donors (Lipinski definition) is 2. The van der Waals surface area contributed by atoms with Crippen molar-refractivity contribution in [3.63, 3.8) is 0 Å². The van der Waals surface area contributed by atoms with Crippen molar-refractivity contribution in [3.8, 4) is 11.3 Å². The normalized spacial score (nSPS) is 15.6. The molecule has 6 rings (SSSR count). The zero-order chi connectivity index (χ0) is 28.0. The molecule has 0 aliphatic carbocycles. The van der Waals surface area contributed by atoms with Crippen LogP contribution >= 0.6 is 0 Å². The van der Waals surface area contributed by atoms with E-state index in [1.807, 2.05) is 30.9 Å². The number of morpholine rings is 1. The average Bonchev–Trinajstić information content (AvgIpc) is 2.96. The van der Waals surface area contributed by atoms with Gasteiger partial charge in [0.05, 0.1) is 47.8 Å². The van der Waals surface area contributed by atoms with E-state index in [-0.39, 0.29) is 11.5 Å². The van der Waals surface area contributed by atoms with Gasteiger partial charge in [-0.1, -0.05) is 18.2 Å². The Morgan fingerprint density at radius 2 is 1.93 bits per heavy atom. The predicted molar refractivity (Wildman–Crippen MR) is 153 cm³/mol. The van der Waals surface area contributed by atoms with Crippen LogP contribution < -0.4 is 21.1 Å². The van der Waals surface area contributed by atoms with Crippen LogP contribution in [0.1, 0.15) is 35.2 Å². The standard InChI is InChI=1S/C29H28BFN4O5/c1-16-12-21(28-22(13-16)27(36)17(2)29(39-28)35-8-10-38-11-9-35)18(3)33-24-6-7-25(31)34-26(24)19-4-5-23-20(14-19)15-32-40-30(23)37/h4-7,12-15,18,33,37H,8-11H2,1-3H3/t18-/m1/s1. The number of nitrogens with zero attached hydrogens (tertiary/aromatic N) is 3. The van der Waals surface area contributed by atoms with Gasteiger partial charge in [0.1, 0.15) is 5.58 Å². The van der Waals surface area contributed by atoms with E-state index in [1.54, 1.807) is 31.2 Å². The quantitative estimate of drug-likeness (QED) is 0.291. The molecule has 2 aromatic carbocycles. The molecule has 0 unspecified atom stereocenters.